The molecule has 0 aliphatic rings. The summed E-state index contributed by atoms with van der Waals surface area (Å²) in [5.41, 5.74) is 0.869. The smallest absolute Gasteiger partial charge is 0.125 e. The monoisotopic (exact) mass is 297 g/mol. The number of rotatable bonds is 5. The zero-order valence-electron chi connectivity index (χ0n) is 11.0. The molecule has 0 spiro atoms. The third kappa shape index (κ3) is 3.33. The van der Waals surface area contributed by atoms with Gasteiger partial charge in [0.15, 0.2) is 0 Å². The summed E-state index contributed by atoms with van der Waals surface area (Å²) in [4.78, 5) is 0. The van der Waals surface area contributed by atoms with E-state index in [0.29, 0.717) is 10.0 Å². The first kappa shape index (κ1) is 14.4. The Labute approximate surface area is 123 Å². The lowest BCUT2D eigenvalue weighted by Gasteiger charge is -2.19. The van der Waals surface area contributed by atoms with E-state index in [-0.39, 0.29) is 6.04 Å². The summed E-state index contributed by atoms with van der Waals surface area (Å²) in [6.45, 7) is 4.91. The van der Waals surface area contributed by atoms with Gasteiger partial charge in [-0.05, 0) is 44.2 Å². The molecule has 1 unspecified atom stereocenters. The molecule has 4 heteroatoms. The number of aryl methyl sites for hydroxylation is 1. The Kier molecular flexibility index (Phi) is 4.92. The van der Waals surface area contributed by atoms with Crippen molar-refractivity contribution in [2.75, 3.05) is 6.54 Å². The molecule has 1 aromatic carbocycles. The Bertz CT molecular complexity index is 531. The quantitative estimate of drug-likeness (QED) is 0.841. The van der Waals surface area contributed by atoms with Gasteiger partial charge in [0.1, 0.15) is 11.5 Å². The summed E-state index contributed by atoms with van der Waals surface area (Å²) in [7, 11) is 0. The lowest BCUT2D eigenvalue weighted by Crippen LogP contribution is -2.23. The van der Waals surface area contributed by atoms with Gasteiger partial charge in [-0.1, -0.05) is 36.2 Å². The minimum atomic E-state index is -0.116. The van der Waals surface area contributed by atoms with Crippen LogP contribution in [0.1, 0.15) is 36.5 Å². The van der Waals surface area contributed by atoms with Gasteiger partial charge >= 0.3 is 0 Å². The van der Waals surface area contributed by atoms with Crippen LogP contribution in [0.5, 0.6) is 0 Å². The first-order valence-electron chi connectivity index (χ1n) is 6.37. The molecule has 0 bridgehead atoms. The van der Waals surface area contributed by atoms with Gasteiger partial charge in [-0.25, -0.2) is 0 Å². The van der Waals surface area contributed by atoms with Crippen molar-refractivity contribution in [2.45, 2.75) is 26.3 Å². The van der Waals surface area contributed by atoms with Crippen LogP contribution in [0.4, 0.5) is 0 Å². The van der Waals surface area contributed by atoms with Crippen molar-refractivity contribution in [1.82, 2.24) is 5.32 Å². The molecule has 0 aliphatic heterocycles. The molecule has 1 heterocycles. The van der Waals surface area contributed by atoms with Gasteiger partial charge in [-0.3, -0.25) is 0 Å². The molecule has 0 aliphatic carbocycles. The van der Waals surface area contributed by atoms with E-state index < -0.39 is 0 Å². The number of halogens is 2. The number of hydrogen-bond donors (Lipinski definition) is 1. The summed E-state index contributed by atoms with van der Waals surface area (Å²) >= 11 is 12.6. The number of benzene rings is 1. The second-order valence-electron chi connectivity index (χ2n) is 4.47. The predicted molar refractivity (Wildman–Crippen MR) is 80.0 cm³/mol. The summed E-state index contributed by atoms with van der Waals surface area (Å²) < 4.78 is 5.73. The van der Waals surface area contributed by atoms with Crippen LogP contribution >= 0.6 is 23.2 Å². The summed E-state index contributed by atoms with van der Waals surface area (Å²) in [6.07, 6.45) is 1.03. The van der Waals surface area contributed by atoms with Crippen LogP contribution in [0.15, 0.2) is 34.7 Å². The predicted octanol–water partition coefficient (Wildman–Crippen LogP) is 4.98. The normalized spacial score (nSPS) is 12.6. The minimum Gasteiger partial charge on any atom is -0.464 e. The van der Waals surface area contributed by atoms with Crippen molar-refractivity contribution in [3.05, 3.63) is 57.5 Å². The summed E-state index contributed by atoms with van der Waals surface area (Å²) in [6, 6.07) is 9.33. The Hall–Kier alpha value is -0.960. The van der Waals surface area contributed by atoms with E-state index in [2.05, 4.69) is 12.2 Å². The second-order valence-corrected chi connectivity index (χ2v) is 5.29. The second kappa shape index (κ2) is 6.47. The van der Waals surface area contributed by atoms with E-state index in [0.717, 1.165) is 30.0 Å². The van der Waals surface area contributed by atoms with Crippen LogP contribution in [-0.2, 0) is 0 Å². The lowest BCUT2D eigenvalue weighted by molar-refractivity contribution is 0.430. The van der Waals surface area contributed by atoms with E-state index in [1.54, 1.807) is 0 Å². The molecule has 0 radical (unpaired) electrons. The Morgan fingerprint density at radius 1 is 1.16 bits per heavy atom. The molecular formula is C15H17Cl2NO. The van der Waals surface area contributed by atoms with Crippen LogP contribution in [0.2, 0.25) is 10.0 Å². The SMILES string of the molecule is CCCNC(c1ccc(C)o1)c1c(Cl)cccc1Cl. The lowest BCUT2D eigenvalue weighted by atomic mass is 10.0. The van der Waals surface area contributed by atoms with Gasteiger partial charge in [0.05, 0.1) is 6.04 Å². The molecule has 0 saturated carbocycles. The fraction of sp³-hybridized carbons (Fsp3) is 0.333. The molecule has 102 valence electrons. The highest BCUT2D eigenvalue weighted by Crippen LogP contribution is 2.34. The zero-order valence-corrected chi connectivity index (χ0v) is 12.6. The molecule has 2 aromatic rings. The topological polar surface area (TPSA) is 25.2 Å². The van der Waals surface area contributed by atoms with Gasteiger partial charge in [0.25, 0.3) is 0 Å². The van der Waals surface area contributed by atoms with Gasteiger partial charge in [0, 0.05) is 15.6 Å². The average molecular weight is 298 g/mol. The van der Waals surface area contributed by atoms with Crippen molar-refractivity contribution < 1.29 is 4.42 Å². The van der Waals surface area contributed by atoms with Crippen molar-refractivity contribution >= 4 is 23.2 Å². The summed E-state index contributed by atoms with van der Waals surface area (Å²) in [5.74, 6) is 1.71. The van der Waals surface area contributed by atoms with Crippen molar-refractivity contribution in [2.24, 2.45) is 0 Å². The molecule has 0 saturated heterocycles. The maximum absolute atomic E-state index is 6.29. The number of nitrogens with one attached hydrogen (secondary N) is 1. The Balaban J connectivity index is 2.42. The first-order valence-corrected chi connectivity index (χ1v) is 7.12. The molecule has 19 heavy (non-hydrogen) atoms. The molecule has 1 aromatic heterocycles. The van der Waals surface area contributed by atoms with Crippen molar-refractivity contribution in [3.8, 4) is 0 Å². The highest BCUT2D eigenvalue weighted by atomic mass is 35.5. The van der Waals surface area contributed by atoms with Gasteiger partial charge in [0.2, 0.25) is 0 Å². The average Bonchev–Trinajstić information content (AvgIpc) is 2.79. The van der Waals surface area contributed by atoms with Crippen LogP contribution in [0.3, 0.4) is 0 Å². The number of hydrogen-bond acceptors (Lipinski definition) is 2. The fourth-order valence-electron chi connectivity index (χ4n) is 2.03. The zero-order chi connectivity index (χ0) is 13.8. The highest BCUT2D eigenvalue weighted by molar-refractivity contribution is 6.36. The van der Waals surface area contributed by atoms with E-state index >= 15 is 0 Å². The molecule has 1 atom stereocenters. The Morgan fingerprint density at radius 2 is 1.84 bits per heavy atom. The fourth-order valence-corrected chi connectivity index (χ4v) is 2.64. The van der Waals surface area contributed by atoms with Crippen molar-refractivity contribution in [1.29, 1.82) is 0 Å². The van der Waals surface area contributed by atoms with Gasteiger partial charge < -0.3 is 9.73 Å². The van der Waals surface area contributed by atoms with Gasteiger partial charge in [-0.15, -0.1) is 0 Å². The van der Waals surface area contributed by atoms with Gasteiger partial charge in [-0.2, -0.15) is 0 Å². The van der Waals surface area contributed by atoms with Crippen LogP contribution in [0.25, 0.3) is 0 Å². The van der Waals surface area contributed by atoms with E-state index in [1.807, 2.05) is 37.3 Å². The first-order chi connectivity index (χ1) is 9.13. The van der Waals surface area contributed by atoms with Crippen LogP contribution < -0.4 is 5.32 Å². The maximum Gasteiger partial charge on any atom is 0.125 e. The molecule has 2 nitrogen and oxygen atoms in total. The largest absolute Gasteiger partial charge is 0.464 e. The van der Waals surface area contributed by atoms with Crippen LogP contribution in [-0.4, -0.2) is 6.54 Å². The van der Waals surface area contributed by atoms with Crippen LogP contribution in [0, 0.1) is 6.92 Å². The molecule has 0 amide bonds. The number of furan rings is 1. The maximum atomic E-state index is 6.29. The third-order valence-corrected chi connectivity index (χ3v) is 3.59. The third-order valence-electron chi connectivity index (χ3n) is 2.93. The highest BCUT2D eigenvalue weighted by Gasteiger charge is 2.22. The molecule has 2 rings (SSSR count). The minimum absolute atomic E-state index is 0.116. The van der Waals surface area contributed by atoms with E-state index in [9.17, 15) is 0 Å². The molecule has 1 N–H and O–H groups in total. The van der Waals surface area contributed by atoms with E-state index in [1.165, 1.54) is 0 Å². The standard InChI is InChI=1S/C15H17Cl2NO/c1-3-9-18-15(13-8-7-10(2)19-13)14-11(16)5-4-6-12(14)17/h4-8,15,18H,3,9H2,1-2H3. The van der Waals surface area contributed by atoms with Crippen molar-refractivity contribution in [3.63, 3.8) is 0 Å². The van der Waals surface area contributed by atoms with E-state index in [4.69, 9.17) is 27.6 Å². The Morgan fingerprint density at radius 3 is 2.37 bits per heavy atom. The summed E-state index contributed by atoms with van der Waals surface area (Å²) in [5, 5.41) is 4.73. The molecular weight excluding hydrogens is 281 g/mol. The molecule has 0 fully saturated rings.